The summed E-state index contributed by atoms with van der Waals surface area (Å²) in [5.41, 5.74) is 0.824. The van der Waals surface area contributed by atoms with E-state index in [0.29, 0.717) is 16.7 Å². The molecule has 0 aliphatic carbocycles. The molecule has 0 saturated heterocycles. The summed E-state index contributed by atoms with van der Waals surface area (Å²) in [4.78, 5) is 43.0. The van der Waals surface area contributed by atoms with Crippen molar-refractivity contribution in [3.8, 4) is 0 Å². The van der Waals surface area contributed by atoms with Crippen LogP contribution in [0, 0.1) is 10.8 Å². The second-order valence-electron chi connectivity index (χ2n) is 10.3. The van der Waals surface area contributed by atoms with Gasteiger partial charge in [0.05, 0.1) is 5.56 Å². The van der Waals surface area contributed by atoms with Crippen LogP contribution in [-0.4, -0.2) is 29.5 Å². The smallest absolute Gasteiger partial charge is 0.344 e. The number of hydrogen-bond acceptors (Lipinski definition) is 6. The summed E-state index contributed by atoms with van der Waals surface area (Å²) in [5.74, 6) is -0.656. The zero-order valence-electron chi connectivity index (χ0n) is 20.7. The lowest BCUT2D eigenvalue weighted by atomic mass is 9.86. The maximum Gasteiger partial charge on any atom is 0.344 e. The standard InChI is InChI=1S/C27H33NO5/c1-17(2)33-28-24(20-13-9-18(10-14-20)22(29)26(3,4)5)32-25(31)21-15-11-19(12-16-21)23(30)27(6,7)8/h9-17H,1-8H3/b28-24+. The Morgan fingerprint density at radius 1 is 0.667 bits per heavy atom. The molecule has 0 radical (unpaired) electrons. The van der Waals surface area contributed by atoms with Crippen LogP contribution < -0.4 is 0 Å². The Labute approximate surface area is 196 Å². The molecule has 2 aromatic rings. The molecule has 0 fully saturated rings. The van der Waals surface area contributed by atoms with Crippen LogP contribution in [0.15, 0.2) is 53.7 Å². The van der Waals surface area contributed by atoms with Crippen molar-refractivity contribution in [1.82, 2.24) is 0 Å². The van der Waals surface area contributed by atoms with Crippen molar-refractivity contribution in [1.29, 1.82) is 0 Å². The van der Waals surface area contributed by atoms with Gasteiger partial charge in [0.2, 0.25) is 0 Å². The number of ether oxygens (including phenoxy) is 1. The van der Waals surface area contributed by atoms with Gasteiger partial charge in [0.25, 0.3) is 5.90 Å². The van der Waals surface area contributed by atoms with Crippen LogP contribution in [0.3, 0.4) is 0 Å². The minimum Gasteiger partial charge on any atom is -0.400 e. The first-order chi connectivity index (χ1) is 15.2. The SMILES string of the molecule is CC(C)O/N=C(/OC(=O)c1ccc(C(=O)C(C)(C)C)cc1)c1ccc(C(=O)C(C)(C)C)cc1. The Bertz CT molecular complexity index is 1030. The Morgan fingerprint density at radius 3 is 1.39 bits per heavy atom. The molecule has 0 aliphatic heterocycles. The third kappa shape index (κ3) is 7.11. The summed E-state index contributed by atoms with van der Waals surface area (Å²) in [5, 5.41) is 3.99. The van der Waals surface area contributed by atoms with Gasteiger partial charge in [0.1, 0.15) is 6.10 Å². The molecule has 0 bridgehead atoms. The van der Waals surface area contributed by atoms with Crippen LogP contribution in [0.25, 0.3) is 0 Å². The minimum atomic E-state index is -0.634. The van der Waals surface area contributed by atoms with Crippen molar-refractivity contribution >= 4 is 23.4 Å². The highest BCUT2D eigenvalue weighted by Gasteiger charge is 2.24. The molecule has 6 heteroatoms. The molecule has 0 saturated carbocycles. The summed E-state index contributed by atoms with van der Waals surface area (Å²) in [7, 11) is 0. The highest BCUT2D eigenvalue weighted by Crippen LogP contribution is 2.23. The zero-order chi connectivity index (χ0) is 25.0. The molecule has 176 valence electrons. The van der Waals surface area contributed by atoms with E-state index in [4.69, 9.17) is 9.57 Å². The predicted molar refractivity (Wildman–Crippen MR) is 129 cm³/mol. The van der Waals surface area contributed by atoms with E-state index in [0.717, 1.165) is 0 Å². The van der Waals surface area contributed by atoms with E-state index in [1.807, 2.05) is 41.5 Å². The van der Waals surface area contributed by atoms with Crippen LogP contribution in [0.4, 0.5) is 0 Å². The van der Waals surface area contributed by atoms with Crippen LogP contribution >= 0.6 is 0 Å². The van der Waals surface area contributed by atoms with Gasteiger partial charge in [0, 0.05) is 27.5 Å². The zero-order valence-corrected chi connectivity index (χ0v) is 20.7. The molecule has 6 nitrogen and oxygen atoms in total. The molecule has 0 atom stereocenters. The Kier molecular flexibility index (Phi) is 7.96. The highest BCUT2D eigenvalue weighted by molar-refractivity contribution is 6.06. The van der Waals surface area contributed by atoms with Crippen molar-refractivity contribution in [2.75, 3.05) is 0 Å². The van der Waals surface area contributed by atoms with E-state index in [1.54, 1.807) is 62.4 Å². The first-order valence-electron chi connectivity index (χ1n) is 11.0. The molecule has 0 aromatic heterocycles. The van der Waals surface area contributed by atoms with Gasteiger partial charge in [-0.25, -0.2) is 4.79 Å². The van der Waals surface area contributed by atoms with Gasteiger partial charge < -0.3 is 9.57 Å². The monoisotopic (exact) mass is 451 g/mol. The number of oxime groups is 1. The molecular weight excluding hydrogens is 418 g/mol. The van der Waals surface area contributed by atoms with Crippen LogP contribution in [0.2, 0.25) is 0 Å². The number of hydrogen-bond donors (Lipinski definition) is 0. The lowest BCUT2D eigenvalue weighted by Gasteiger charge is -2.17. The lowest BCUT2D eigenvalue weighted by molar-refractivity contribution is 0.0624. The van der Waals surface area contributed by atoms with Gasteiger partial charge in [-0.15, -0.1) is 0 Å². The molecular formula is C27H33NO5. The second kappa shape index (κ2) is 10.1. The van der Waals surface area contributed by atoms with Gasteiger partial charge in [-0.3, -0.25) is 9.59 Å². The maximum absolute atomic E-state index is 12.8. The maximum atomic E-state index is 12.8. The van der Waals surface area contributed by atoms with Crippen molar-refractivity contribution in [3.63, 3.8) is 0 Å². The number of rotatable bonds is 6. The number of carbonyl (C=O) groups is 3. The molecule has 0 N–H and O–H groups in total. The summed E-state index contributed by atoms with van der Waals surface area (Å²) >= 11 is 0. The molecule has 2 rings (SSSR count). The van der Waals surface area contributed by atoms with Gasteiger partial charge in [-0.2, -0.15) is 0 Å². The van der Waals surface area contributed by atoms with E-state index >= 15 is 0 Å². The van der Waals surface area contributed by atoms with Gasteiger partial charge in [0.15, 0.2) is 11.6 Å². The summed E-state index contributed by atoms with van der Waals surface area (Å²) in [6.45, 7) is 14.7. The first kappa shape index (κ1) is 26.0. The Balaban J connectivity index is 2.27. The van der Waals surface area contributed by atoms with Crippen LogP contribution in [0.5, 0.6) is 0 Å². The fourth-order valence-corrected chi connectivity index (χ4v) is 2.82. The van der Waals surface area contributed by atoms with Crippen LogP contribution in [-0.2, 0) is 9.57 Å². The third-order valence-corrected chi connectivity index (χ3v) is 4.68. The van der Waals surface area contributed by atoms with Crippen LogP contribution in [0.1, 0.15) is 92.0 Å². The second-order valence-corrected chi connectivity index (χ2v) is 10.3. The predicted octanol–water partition coefficient (Wildman–Crippen LogP) is 6.09. The van der Waals surface area contributed by atoms with Gasteiger partial charge in [-0.1, -0.05) is 65.8 Å². The fraction of sp³-hybridized carbons (Fsp3) is 0.407. The molecule has 0 aliphatic rings. The van der Waals surface area contributed by atoms with E-state index in [-0.39, 0.29) is 29.1 Å². The number of Topliss-reactive ketones (excluding diaryl/α,β-unsaturated/α-hetero) is 2. The topological polar surface area (TPSA) is 82.0 Å². The minimum absolute atomic E-state index is 0.00728. The largest absolute Gasteiger partial charge is 0.400 e. The summed E-state index contributed by atoms with van der Waals surface area (Å²) < 4.78 is 5.52. The third-order valence-electron chi connectivity index (χ3n) is 4.68. The van der Waals surface area contributed by atoms with Crippen molar-refractivity contribution in [3.05, 3.63) is 70.8 Å². The van der Waals surface area contributed by atoms with Crippen molar-refractivity contribution in [2.45, 2.75) is 61.5 Å². The van der Waals surface area contributed by atoms with Crippen molar-refractivity contribution < 1.29 is 24.0 Å². The van der Waals surface area contributed by atoms with E-state index in [2.05, 4.69) is 5.16 Å². The molecule has 0 spiro atoms. The van der Waals surface area contributed by atoms with E-state index in [1.165, 1.54) is 0 Å². The average molecular weight is 452 g/mol. The quantitative estimate of drug-likeness (QED) is 0.175. The number of nitrogens with zero attached hydrogens (tertiary/aromatic N) is 1. The van der Waals surface area contributed by atoms with E-state index < -0.39 is 16.8 Å². The lowest BCUT2D eigenvalue weighted by Crippen LogP contribution is -2.21. The number of carbonyl (C=O) groups excluding carboxylic acids is 3. The summed E-state index contributed by atoms with van der Waals surface area (Å²) in [6, 6.07) is 13.0. The molecule has 0 amide bonds. The Hall–Kier alpha value is -3.28. The normalized spacial score (nSPS) is 12.5. The Morgan fingerprint density at radius 2 is 1.03 bits per heavy atom. The fourth-order valence-electron chi connectivity index (χ4n) is 2.82. The highest BCUT2D eigenvalue weighted by atomic mass is 16.7. The molecule has 33 heavy (non-hydrogen) atoms. The summed E-state index contributed by atoms with van der Waals surface area (Å²) in [6.07, 6.45) is -0.219. The molecule has 0 unspecified atom stereocenters. The van der Waals surface area contributed by atoms with Gasteiger partial charge >= 0.3 is 5.97 Å². The first-order valence-corrected chi connectivity index (χ1v) is 11.0. The number of ketones is 2. The average Bonchev–Trinajstić information content (AvgIpc) is 2.74. The number of esters is 1. The molecule has 2 aromatic carbocycles. The molecule has 0 heterocycles. The number of benzene rings is 2. The van der Waals surface area contributed by atoms with Gasteiger partial charge in [-0.05, 0) is 43.3 Å². The van der Waals surface area contributed by atoms with E-state index in [9.17, 15) is 14.4 Å². The van der Waals surface area contributed by atoms with Crippen molar-refractivity contribution in [2.24, 2.45) is 16.0 Å².